The summed E-state index contributed by atoms with van der Waals surface area (Å²) in [6, 6.07) is -0.976. The normalized spacial score (nSPS) is 27.1. The molecule has 0 spiro atoms. The summed E-state index contributed by atoms with van der Waals surface area (Å²) in [6.07, 6.45) is 52.8. The maximum Gasteiger partial charge on any atom is 0.220 e. The van der Waals surface area contributed by atoms with Crippen LogP contribution in [0.25, 0.3) is 0 Å². The average Bonchev–Trinajstić information content (AvgIpc) is 0.786. The Morgan fingerprint density at radius 3 is 1.09 bits per heavy atom. The molecule has 3 fully saturated rings. The molecule has 19 heteroatoms. The van der Waals surface area contributed by atoms with Gasteiger partial charge in [-0.15, -0.1) is 0 Å². The molecule has 0 aliphatic carbocycles. The van der Waals surface area contributed by atoms with Gasteiger partial charge in [0.15, 0.2) is 18.9 Å². The minimum absolute atomic E-state index is 0.242. The Morgan fingerprint density at radius 1 is 0.374 bits per heavy atom. The number of hydrogen-bond donors (Lipinski definition) is 12. The number of carbonyl (C=O) groups is 1. The molecule has 17 atom stereocenters. The summed E-state index contributed by atoms with van der Waals surface area (Å²) in [5.74, 6) is -0.274. The van der Waals surface area contributed by atoms with Crippen molar-refractivity contribution in [2.24, 2.45) is 0 Å². The lowest BCUT2D eigenvalue weighted by molar-refractivity contribution is -0.379. The molecular formula is C80H141NO18. The lowest BCUT2D eigenvalue weighted by atomic mass is 9.96. The van der Waals surface area contributed by atoms with Gasteiger partial charge in [-0.2, -0.15) is 0 Å². The Balaban J connectivity index is 1.33. The largest absolute Gasteiger partial charge is 0.394 e. The van der Waals surface area contributed by atoms with Crippen LogP contribution in [-0.4, -0.2) is 193 Å². The minimum atomic E-state index is -1.98. The number of amides is 1. The van der Waals surface area contributed by atoms with Gasteiger partial charge in [-0.25, -0.2) is 0 Å². The molecule has 0 radical (unpaired) electrons. The molecule has 3 heterocycles. The van der Waals surface area contributed by atoms with Crippen molar-refractivity contribution < 1.29 is 89.4 Å². The van der Waals surface area contributed by atoms with E-state index in [0.717, 1.165) is 83.5 Å². The molecule has 3 aliphatic rings. The second kappa shape index (κ2) is 60.3. The van der Waals surface area contributed by atoms with Crippen molar-refractivity contribution in [1.29, 1.82) is 0 Å². The molecule has 3 saturated heterocycles. The molecule has 574 valence electrons. The highest BCUT2D eigenvalue weighted by atomic mass is 16.8. The summed E-state index contributed by atoms with van der Waals surface area (Å²) in [4.78, 5) is 13.5. The first kappa shape index (κ1) is 90.2. The monoisotopic (exact) mass is 1400 g/mol. The van der Waals surface area contributed by atoms with Crippen molar-refractivity contribution in [2.45, 2.75) is 388 Å². The Bertz CT molecular complexity index is 2120. The van der Waals surface area contributed by atoms with Crippen molar-refractivity contribution >= 4 is 5.91 Å². The quantitative estimate of drug-likeness (QED) is 0.0199. The maximum atomic E-state index is 13.5. The SMILES string of the molecule is CC/C=C\C/C=C\C/C=C\C/C=C\C/C=C\C/C=C\CCCCCCCCCCCCCCCCCCCCC(=O)NC(COC1OC(CO)C(OC2OC(CO)C(OC3OC(CO)C(O)C(O)C3O)C(O)C2O)C(O)C1O)C(O)/C=C/CCCCCCCCCCCCCCCCC. The van der Waals surface area contributed by atoms with Crippen LogP contribution < -0.4 is 5.32 Å². The van der Waals surface area contributed by atoms with E-state index in [1.807, 2.05) is 6.08 Å². The second-order valence-corrected chi connectivity index (χ2v) is 27.8. The van der Waals surface area contributed by atoms with E-state index in [0.29, 0.717) is 6.42 Å². The first-order valence-corrected chi connectivity index (χ1v) is 39.3. The number of hydrogen-bond acceptors (Lipinski definition) is 18. The van der Waals surface area contributed by atoms with Gasteiger partial charge in [0, 0.05) is 6.42 Å². The molecule has 3 aliphatic heterocycles. The van der Waals surface area contributed by atoms with Crippen molar-refractivity contribution in [1.82, 2.24) is 5.32 Å². The summed E-state index contributed by atoms with van der Waals surface area (Å²) in [7, 11) is 0. The predicted molar refractivity (Wildman–Crippen MR) is 392 cm³/mol. The first-order chi connectivity index (χ1) is 48.3. The molecular weight excluding hydrogens is 1260 g/mol. The Morgan fingerprint density at radius 2 is 0.697 bits per heavy atom. The van der Waals surface area contributed by atoms with Gasteiger partial charge in [0.25, 0.3) is 0 Å². The van der Waals surface area contributed by atoms with Crippen molar-refractivity contribution in [3.63, 3.8) is 0 Å². The van der Waals surface area contributed by atoms with Crippen LogP contribution in [0.3, 0.4) is 0 Å². The Hall–Kier alpha value is -3.03. The number of ether oxygens (including phenoxy) is 6. The Labute approximate surface area is 597 Å². The number of carbonyl (C=O) groups excluding carboxylic acids is 1. The molecule has 12 N–H and O–H groups in total. The van der Waals surface area contributed by atoms with E-state index in [1.165, 1.54) is 173 Å². The predicted octanol–water partition coefficient (Wildman–Crippen LogP) is 12.6. The zero-order valence-corrected chi connectivity index (χ0v) is 61.2. The summed E-state index contributed by atoms with van der Waals surface area (Å²) in [5.41, 5.74) is 0. The lowest BCUT2D eigenvalue weighted by Gasteiger charge is -2.48. The van der Waals surface area contributed by atoms with Gasteiger partial charge < -0.3 is 89.9 Å². The third kappa shape index (κ3) is 40.7. The molecule has 0 aromatic rings. The molecule has 17 unspecified atom stereocenters. The first-order valence-electron chi connectivity index (χ1n) is 39.3. The van der Waals surface area contributed by atoms with E-state index >= 15 is 0 Å². The van der Waals surface area contributed by atoms with E-state index < -0.39 is 124 Å². The van der Waals surface area contributed by atoms with Gasteiger partial charge >= 0.3 is 0 Å². The topological polar surface area (TPSA) is 307 Å². The van der Waals surface area contributed by atoms with Crippen molar-refractivity contribution in [3.05, 3.63) is 85.1 Å². The van der Waals surface area contributed by atoms with E-state index in [-0.39, 0.29) is 18.9 Å². The van der Waals surface area contributed by atoms with Crippen molar-refractivity contribution in [2.75, 3.05) is 26.4 Å². The van der Waals surface area contributed by atoms with Crippen LogP contribution in [0.5, 0.6) is 0 Å². The smallest absolute Gasteiger partial charge is 0.220 e. The number of allylic oxidation sites excluding steroid dienone is 13. The molecule has 1 amide bonds. The third-order valence-electron chi connectivity index (χ3n) is 19.2. The van der Waals surface area contributed by atoms with Crippen LogP contribution in [-0.2, 0) is 33.2 Å². The third-order valence-corrected chi connectivity index (χ3v) is 19.2. The maximum absolute atomic E-state index is 13.5. The van der Waals surface area contributed by atoms with Crippen LogP contribution in [0.2, 0.25) is 0 Å². The number of unbranched alkanes of at least 4 members (excludes halogenated alkanes) is 33. The van der Waals surface area contributed by atoms with Crippen molar-refractivity contribution in [3.8, 4) is 0 Å². The fraction of sp³-hybridized carbons (Fsp3) is 0.812. The van der Waals surface area contributed by atoms with Crippen LogP contribution in [0.1, 0.15) is 284 Å². The summed E-state index contributed by atoms with van der Waals surface area (Å²) in [5, 5.41) is 121. The molecule has 19 nitrogen and oxygen atoms in total. The van der Waals surface area contributed by atoms with E-state index in [1.54, 1.807) is 6.08 Å². The van der Waals surface area contributed by atoms with Gasteiger partial charge in [0.05, 0.1) is 38.6 Å². The summed E-state index contributed by atoms with van der Waals surface area (Å²) >= 11 is 0. The number of nitrogens with one attached hydrogen (secondary N) is 1. The van der Waals surface area contributed by atoms with E-state index in [4.69, 9.17) is 28.4 Å². The van der Waals surface area contributed by atoms with Gasteiger partial charge in [0.2, 0.25) is 5.91 Å². The van der Waals surface area contributed by atoms with Crippen LogP contribution in [0, 0.1) is 0 Å². The zero-order valence-electron chi connectivity index (χ0n) is 61.2. The van der Waals surface area contributed by atoms with Gasteiger partial charge in [0.1, 0.15) is 73.2 Å². The fourth-order valence-corrected chi connectivity index (χ4v) is 12.9. The molecule has 0 aromatic carbocycles. The molecule has 0 bridgehead atoms. The minimum Gasteiger partial charge on any atom is -0.394 e. The van der Waals surface area contributed by atoms with E-state index in [2.05, 4.69) is 92.1 Å². The molecule has 99 heavy (non-hydrogen) atoms. The molecule has 0 aromatic heterocycles. The highest BCUT2D eigenvalue weighted by Crippen LogP contribution is 2.33. The number of aliphatic hydroxyl groups excluding tert-OH is 11. The highest BCUT2D eigenvalue weighted by molar-refractivity contribution is 5.76. The highest BCUT2D eigenvalue weighted by Gasteiger charge is 2.53. The lowest BCUT2D eigenvalue weighted by Crippen LogP contribution is -2.66. The Kier molecular flexibility index (Phi) is 54.9. The summed E-state index contributed by atoms with van der Waals surface area (Å²) < 4.78 is 34.4. The van der Waals surface area contributed by atoms with E-state index in [9.17, 15) is 61.0 Å². The van der Waals surface area contributed by atoms with Gasteiger partial charge in [-0.05, 0) is 70.6 Å². The fourth-order valence-electron chi connectivity index (χ4n) is 12.9. The van der Waals surface area contributed by atoms with Gasteiger partial charge in [-0.3, -0.25) is 4.79 Å². The van der Waals surface area contributed by atoms with Crippen LogP contribution in [0.15, 0.2) is 85.1 Å². The number of aliphatic hydroxyl groups is 11. The van der Waals surface area contributed by atoms with Crippen LogP contribution >= 0.6 is 0 Å². The molecule has 3 rings (SSSR count). The summed E-state index contributed by atoms with van der Waals surface area (Å²) in [6.45, 7) is 1.64. The standard InChI is InChI=1S/C80H141NO18/c1-3-5-7-9-11-13-15-17-19-21-22-23-24-25-26-27-28-29-30-31-32-33-34-35-36-37-38-39-40-42-44-46-48-50-52-54-56-58-68(86)81-63(64(85)57-55-53-51-49-47-45-43-41-20-18-16-14-12-10-8-6-4-2)62-94-78-74(92)71(89)76(66(60-83)96-78)99-80-75(93)72(90)77(67(61-84)97-80)98-79-73(91)70(88)69(87)65(59-82)95-79/h5,7,11,13,17,19,22-23,25-26,28-29,55,57,63-67,69-80,82-85,87-93H,3-4,6,8-10,12,14-16,18,20-21,24,27,30-54,56,58-62H2,1-2H3,(H,81,86)/b7-5-,13-11-,19-17-,23-22-,26-25-,29-28-,57-55+. The van der Waals surface area contributed by atoms with Crippen LogP contribution in [0.4, 0.5) is 0 Å². The van der Waals surface area contributed by atoms with Gasteiger partial charge in [-0.1, -0.05) is 292 Å². The average molecular weight is 1400 g/mol. The second-order valence-electron chi connectivity index (χ2n) is 27.8. The number of rotatable bonds is 61. The zero-order chi connectivity index (χ0) is 71.8. The molecule has 0 saturated carbocycles.